The Morgan fingerprint density at radius 1 is 1.22 bits per heavy atom. The molecule has 0 radical (unpaired) electrons. The van der Waals surface area contributed by atoms with E-state index in [1.807, 2.05) is 24.3 Å². The predicted octanol–water partition coefficient (Wildman–Crippen LogP) is 2.53. The molecule has 27 heavy (non-hydrogen) atoms. The zero-order valence-corrected chi connectivity index (χ0v) is 16.6. The molecule has 1 amide bonds. The van der Waals surface area contributed by atoms with Gasteiger partial charge in [0, 0.05) is 35.5 Å². The standard InChI is InChI=1S/C19H22ClNO5S/c1-25-10-9-21(14-8-11-27(23,24)13-14)19(22)12-26-18-7-6-17(20)15-4-2-3-5-16(15)18/h2-7,14H,8-13H2,1H3/t14-/m0/s1. The van der Waals surface area contributed by atoms with Crippen LogP contribution >= 0.6 is 11.6 Å². The van der Waals surface area contributed by atoms with Gasteiger partial charge in [0.25, 0.3) is 5.91 Å². The molecule has 6 nitrogen and oxygen atoms in total. The average Bonchev–Trinajstić information content (AvgIpc) is 3.01. The number of ether oxygens (including phenoxy) is 2. The van der Waals surface area contributed by atoms with Gasteiger partial charge in [0.1, 0.15) is 5.75 Å². The fraction of sp³-hybridized carbons (Fsp3) is 0.421. The minimum absolute atomic E-state index is 0.00761. The van der Waals surface area contributed by atoms with Crippen molar-refractivity contribution in [1.82, 2.24) is 4.90 Å². The second-order valence-electron chi connectivity index (χ2n) is 6.52. The number of carbonyl (C=O) groups is 1. The molecule has 0 bridgehead atoms. The summed E-state index contributed by atoms with van der Waals surface area (Å²) in [5.41, 5.74) is 0. The van der Waals surface area contributed by atoms with Crippen molar-refractivity contribution >= 4 is 38.1 Å². The molecule has 1 heterocycles. The van der Waals surface area contributed by atoms with Crippen molar-refractivity contribution in [3.05, 3.63) is 41.4 Å². The lowest BCUT2D eigenvalue weighted by Gasteiger charge is -2.28. The maximum absolute atomic E-state index is 12.7. The summed E-state index contributed by atoms with van der Waals surface area (Å²) < 4.78 is 34.4. The van der Waals surface area contributed by atoms with Gasteiger partial charge in [-0.3, -0.25) is 4.79 Å². The van der Waals surface area contributed by atoms with Crippen LogP contribution in [0.1, 0.15) is 6.42 Å². The molecule has 0 N–H and O–H groups in total. The number of amides is 1. The van der Waals surface area contributed by atoms with Crippen molar-refractivity contribution in [2.45, 2.75) is 12.5 Å². The molecule has 0 saturated carbocycles. The third kappa shape index (κ3) is 4.72. The van der Waals surface area contributed by atoms with Crippen LogP contribution in [0.4, 0.5) is 0 Å². The van der Waals surface area contributed by atoms with E-state index >= 15 is 0 Å². The number of carbonyl (C=O) groups excluding carboxylic acids is 1. The summed E-state index contributed by atoms with van der Waals surface area (Å²) >= 11 is 6.21. The van der Waals surface area contributed by atoms with Crippen LogP contribution in [-0.4, -0.2) is 63.6 Å². The first kappa shape index (κ1) is 19.9. The lowest BCUT2D eigenvalue weighted by atomic mass is 10.1. The number of rotatable bonds is 7. The molecule has 2 aromatic carbocycles. The Morgan fingerprint density at radius 2 is 1.96 bits per heavy atom. The van der Waals surface area contributed by atoms with Gasteiger partial charge in [0.2, 0.25) is 0 Å². The average molecular weight is 412 g/mol. The molecule has 146 valence electrons. The van der Waals surface area contributed by atoms with E-state index in [1.54, 1.807) is 24.1 Å². The molecule has 3 rings (SSSR count). The number of hydrogen-bond donors (Lipinski definition) is 0. The van der Waals surface area contributed by atoms with Crippen LogP contribution in [-0.2, 0) is 19.4 Å². The quantitative estimate of drug-likeness (QED) is 0.700. The molecule has 1 aliphatic rings. The summed E-state index contributed by atoms with van der Waals surface area (Å²) in [6.07, 6.45) is 0.446. The molecule has 1 saturated heterocycles. The highest BCUT2D eigenvalue weighted by atomic mass is 35.5. The van der Waals surface area contributed by atoms with Crippen LogP contribution < -0.4 is 4.74 Å². The van der Waals surface area contributed by atoms with E-state index < -0.39 is 9.84 Å². The first-order valence-electron chi connectivity index (χ1n) is 8.70. The van der Waals surface area contributed by atoms with Gasteiger partial charge in [-0.25, -0.2) is 8.42 Å². The third-order valence-corrected chi connectivity index (χ3v) is 6.77. The minimum atomic E-state index is -3.09. The summed E-state index contributed by atoms with van der Waals surface area (Å²) in [5.74, 6) is 0.408. The third-order valence-electron chi connectivity index (χ3n) is 4.69. The second-order valence-corrected chi connectivity index (χ2v) is 9.15. The number of halogens is 1. The van der Waals surface area contributed by atoms with E-state index in [-0.39, 0.29) is 30.1 Å². The van der Waals surface area contributed by atoms with E-state index in [1.165, 1.54) is 0 Å². The first-order chi connectivity index (χ1) is 12.9. The van der Waals surface area contributed by atoms with Gasteiger partial charge in [0.05, 0.1) is 18.1 Å². The summed E-state index contributed by atoms with van der Waals surface area (Å²) in [4.78, 5) is 14.3. The van der Waals surface area contributed by atoms with Crippen molar-refractivity contribution in [3.63, 3.8) is 0 Å². The molecule has 8 heteroatoms. The maximum Gasteiger partial charge on any atom is 0.260 e. The Balaban J connectivity index is 1.74. The number of methoxy groups -OCH3 is 1. The van der Waals surface area contributed by atoms with Crippen LogP contribution in [0.5, 0.6) is 5.75 Å². The highest BCUT2D eigenvalue weighted by Gasteiger charge is 2.34. The Kier molecular flexibility index (Phi) is 6.24. The van der Waals surface area contributed by atoms with Gasteiger partial charge in [-0.15, -0.1) is 0 Å². The van der Waals surface area contributed by atoms with E-state index in [0.29, 0.717) is 30.3 Å². The SMILES string of the molecule is COCCN(C(=O)COc1ccc(Cl)c2ccccc12)[C@H]1CCS(=O)(=O)C1. The number of sulfone groups is 1. The van der Waals surface area contributed by atoms with Crippen molar-refractivity contribution < 1.29 is 22.7 Å². The Morgan fingerprint density at radius 3 is 2.63 bits per heavy atom. The number of benzene rings is 2. The van der Waals surface area contributed by atoms with Crippen LogP contribution in [0.3, 0.4) is 0 Å². The van der Waals surface area contributed by atoms with Gasteiger partial charge < -0.3 is 14.4 Å². The van der Waals surface area contributed by atoms with E-state index in [2.05, 4.69) is 0 Å². The van der Waals surface area contributed by atoms with Crippen molar-refractivity contribution in [2.24, 2.45) is 0 Å². The predicted molar refractivity (Wildman–Crippen MR) is 105 cm³/mol. The topological polar surface area (TPSA) is 72.9 Å². The van der Waals surface area contributed by atoms with Crippen LogP contribution in [0.15, 0.2) is 36.4 Å². The normalized spacial score (nSPS) is 18.5. The maximum atomic E-state index is 12.7. The molecule has 1 atom stereocenters. The van der Waals surface area contributed by atoms with Crippen LogP contribution in [0.25, 0.3) is 10.8 Å². The van der Waals surface area contributed by atoms with E-state index in [4.69, 9.17) is 21.1 Å². The minimum Gasteiger partial charge on any atom is -0.483 e. The molecular weight excluding hydrogens is 390 g/mol. The molecule has 0 unspecified atom stereocenters. The summed E-state index contributed by atoms with van der Waals surface area (Å²) in [7, 11) is -1.54. The fourth-order valence-corrected chi connectivity index (χ4v) is 5.26. The number of hydrogen-bond acceptors (Lipinski definition) is 5. The fourth-order valence-electron chi connectivity index (χ4n) is 3.30. The Labute approximate surface area is 163 Å². The van der Waals surface area contributed by atoms with E-state index in [9.17, 15) is 13.2 Å². The molecule has 0 spiro atoms. The highest BCUT2D eigenvalue weighted by molar-refractivity contribution is 7.91. The lowest BCUT2D eigenvalue weighted by molar-refractivity contribution is -0.135. The summed E-state index contributed by atoms with van der Waals surface area (Å²) in [5, 5.41) is 2.29. The Bertz CT molecular complexity index is 931. The molecule has 1 fully saturated rings. The molecule has 0 aliphatic carbocycles. The Hall–Kier alpha value is -1.83. The highest BCUT2D eigenvalue weighted by Crippen LogP contribution is 2.31. The number of nitrogens with zero attached hydrogens (tertiary/aromatic N) is 1. The molecular formula is C19H22ClNO5S. The van der Waals surface area contributed by atoms with Gasteiger partial charge in [-0.2, -0.15) is 0 Å². The zero-order valence-electron chi connectivity index (χ0n) is 15.1. The summed E-state index contributed by atoms with van der Waals surface area (Å²) in [6, 6.07) is 10.7. The zero-order chi connectivity index (χ0) is 19.4. The molecule has 1 aliphatic heterocycles. The van der Waals surface area contributed by atoms with Crippen LogP contribution in [0.2, 0.25) is 5.02 Å². The van der Waals surface area contributed by atoms with Gasteiger partial charge in [-0.1, -0.05) is 35.9 Å². The largest absolute Gasteiger partial charge is 0.483 e. The van der Waals surface area contributed by atoms with E-state index in [0.717, 1.165) is 10.8 Å². The number of fused-ring (bicyclic) bond motifs is 1. The smallest absolute Gasteiger partial charge is 0.260 e. The van der Waals surface area contributed by atoms with Crippen molar-refractivity contribution in [3.8, 4) is 5.75 Å². The molecule has 2 aromatic rings. The molecule has 0 aromatic heterocycles. The lowest BCUT2D eigenvalue weighted by Crippen LogP contribution is -2.45. The second kappa shape index (κ2) is 8.46. The monoisotopic (exact) mass is 411 g/mol. The first-order valence-corrected chi connectivity index (χ1v) is 10.9. The van der Waals surface area contributed by atoms with Crippen molar-refractivity contribution in [1.29, 1.82) is 0 Å². The summed E-state index contributed by atoms with van der Waals surface area (Å²) in [6.45, 7) is 0.498. The van der Waals surface area contributed by atoms with Gasteiger partial charge in [0.15, 0.2) is 16.4 Å². The van der Waals surface area contributed by atoms with Crippen LogP contribution in [0, 0.1) is 0 Å². The van der Waals surface area contributed by atoms with Gasteiger partial charge in [-0.05, 0) is 18.6 Å². The van der Waals surface area contributed by atoms with Crippen molar-refractivity contribution in [2.75, 3.05) is 38.4 Å². The van der Waals surface area contributed by atoms with Gasteiger partial charge >= 0.3 is 0 Å².